The van der Waals surface area contributed by atoms with Crippen LogP contribution in [0.25, 0.3) is 0 Å². The third-order valence-corrected chi connectivity index (χ3v) is 2.86. The average molecular weight is 157 g/mol. The molecule has 0 aromatic rings. The molecule has 0 spiro atoms. The summed E-state index contributed by atoms with van der Waals surface area (Å²) in [5, 5.41) is 9.38. The van der Waals surface area contributed by atoms with Crippen molar-refractivity contribution < 1.29 is 5.11 Å². The molecule has 2 nitrogen and oxygen atoms in total. The lowest BCUT2D eigenvalue weighted by molar-refractivity contribution is 0.0841. The normalized spacial score (nSPS) is 35.2. The van der Waals surface area contributed by atoms with Crippen molar-refractivity contribution in [2.45, 2.75) is 38.7 Å². The zero-order valence-corrected chi connectivity index (χ0v) is 7.29. The molecular weight excluding hydrogens is 138 g/mol. The van der Waals surface area contributed by atoms with Crippen molar-refractivity contribution in [2.75, 3.05) is 6.54 Å². The van der Waals surface area contributed by atoms with Gasteiger partial charge in [0.1, 0.15) is 0 Å². The molecule has 1 rings (SSSR count). The van der Waals surface area contributed by atoms with Crippen LogP contribution in [0.5, 0.6) is 0 Å². The number of aliphatic hydroxyl groups is 1. The number of aliphatic hydroxyl groups excluding tert-OH is 1. The lowest BCUT2D eigenvalue weighted by atomic mass is 9.80. The van der Waals surface area contributed by atoms with E-state index in [1.54, 1.807) is 0 Å². The van der Waals surface area contributed by atoms with Crippen LogP contribution in [-0.4, -0.2) is 17.8 Å². The van der Waals surface area contributed by atoms with Gasteiger partial charge in [0, 0.05) is 0 Å². The molecule has 66 valence electrons. The summed E-state index contributed by atoms with van der Waals surface area (Å²) in [6.45, 7) is 2.94. The molecule has 0 aliphatic heterocycles. The van der Waals surface area contributed by atoms with E-state index in [4.69, 9.17) is 5.73 Å². The van der Waals surface area contributed by atoms with Gasteiger partial charge in [0.25, 0.3) is 0 Å². The Hall–Kier alpha value is -0.0800. The Kier molecular flexibility index (Phi) is 3.34. The Morgan fingerprint density at radius 2 is 2.27 bits per heavy atom. The third kappa shape index (κ3) is 2.46. The number of hydrogen-bond donors (Lipinski definition) is 2. The quantitative estimate of drug-likeness (QED) is 0.631. The second-order valence-corrected chi connectivity index (χ2v) is 3.79. The fourth-order valence-electron chi connectivity index (χ4n) is 1.91. The minimum atomic E-state index is -0.0530. The Morgan fingerprint density at radius 1 is 1.55 bits per heavy atom. The van der Waals surface area contributed by atoms with E-state index in [1.165, 1.54) is 12.8 Å². The number of rotatable bonds is 2. The first-order chi connectivity index (χ1) is 5.24. The highest BCUT2D eigenvalue weighted by atomic mass is 16.3. The zero-order chi connectivity index (χ0) is 8.27. The molecule has 0 aromatic carbocycles. The van der Waals surface area contributed by atoms with Gasteiger partial charge in [-0.1, -0.05) is 13.3 Å². The van der Waals surface area contributed by atoms with Crippen molar-refractivity contribution in [1.82, 2.24) is 0 Å². The third-order valence-electron chi connectivity index (χ3n) is 2.86. The Balaban J connectivity index is 2.33. The summed E-state index contributed by atoms with van der Waals surface area (Å²) in [5.74, 6) is 1.26. The standard InChI is InChI=1S/C9H19NO/c1-7(6-10)8-3-2-4-9(11)5-8/h7-9,11H,2-6,10H2,1H3. The first-order valence-corrected chi connectivity index (χ1v) is 4.62. The van der Waals surface area contributed by atoms with E-state index >= 15 is 0 Å². The SMILES string of the molecule is CC(CN)C1CCCC(O)C1. The zero-order valence-electron chi connectivity index (χ0n) is 7.29. The van der Waals surface area contributed by atoms with E-state index in [-0.39, 0.29) is 6.10 Å². The van der Waals surface area contributed by atoms with Gasteiger partial charge in [0.15, 0.2) is 0 Å². The first kappa shape index (κ1) is 9.01. The van der Waals surface area contributed by atoms with Gasteiger partial charge in [-0.15, -0.1) is 0 Å². The predicted molar refractivity (Wildman–Crippen MR) is 46.2 cm³/mol. The monoisotopic (exact) mass is 157 g/mol. The highest BCUT2D eigenvalue weighted by molar-refractivity contribution is 4.76. The van der Waals surface area contributed by atoms with Crippen molar-refractivity contribution in [3.05, 3.63) is 0 Å². The number of hydrogen-bond acceptors (Lipinski definition) is 2. The molecule has 0 aromatic heterocycles. The first-order valence-electron chi connectivity index (χ1n) is 4.62. The summed E-state index contributed by atoms with van der Waals surface area (Å²) in [6, 6.07) is 0. The molecule has 1 aliphatic rings. The van der Waals surface area contributed by atoms with Crippen LogP contribution in [-0.2, 0) is 0 Å². The van der Waals surface area contributed by atoms with Gasteiger partial charge in [0.05, 0.1) is 6.10 Å². The van der Waals surface area contributed by atoms with Crippen molar-refractivity contribution in [3.63, 3.8) is 0 Å². The molecular formula is C9H19NO. The molecule has 1 fully saturated rings. The van der Waals surface area contributed by atoms with Crippen LogP contribution < -0.4 is 5.73 Å². The molecule has 1 saturated carbocycles. The van der Waals surface area contributed by atoms with Crippen molar-refractivity contribution in [2.24, 2.45) is 17.6 Å². The molecule has 3 atom stereocenters. The van der Waals surface area contributed by atoms with Crippen LogP contribution in [0.4, 0.5) is 0 Å². The fraction of sp³-hybridized carbons (Fsp3) is 1.00. The van der Waals surface area contributed by atoms with E-state index in [2.05, 4.69) is 6.92 Å². The second-order valence-electron chi connectivity index (χ2n) is 3.79. The van der Waals surface area contributed by atoms with Gasteiger partial charge in [-0.2, -0.15) is 0 Å². The lowest BCUT2D eigenvalue weighted by Crippen LogP contribution is -2.28. The summed E-state index contributed by atoms with van der Waals surface area (Å²) < 4.78 is 0. The molecule has 0 saturated heterocycles. The smallest absolute Gasteiger partial charge is 0.0543 e. The second kappa shape index (κ2) is 4.07. The summed E-state index contributed by atoms with van der Waals surface area (Å²) in [5.41, 5.74) is 5.57. The molecule has 2 heteroatoms. The maximum Gasteiger partial charge on any atom is 0.0543 e. The molecule has 1 aliphatic carbocycles. The van der Waals surface area contributed by atoms with Crippen molar-refractivity contribution in [1.29, 1.82) is 0 Å². The van der Waals surface area contributed by atoms with Gasteiger partial charge in [-0.05, 0) is 37.6 Å². The summed E-state index contributed by atoms with van der Waals surface area (Å²) >= 11 is 0. The maximum atomic E-state index is 9.38. The Labute approximate surface area is 68.8 Å². The van der Waals surface area contributed by atoms with Gasteiger partial charge in [0.2, 0.25) is 0 Å². The highest BCUT2D eigenvalue weighted by Crippen LogP contribution is 2.29. The summed E-state index contributed by atoms with van der Waals surface area (Å²) in [4.78, 5) is 0. The average Bonchev–Trinajstić information content (AvgIpc) is 2.03. The maximum absolute atomic E-state index is 9.38. The van der Waals surface area contributed by atoms with E-state index < -0.39 is 0 Å². The highest BCUT2D eigenvalue weighted by Gasteiger charge is 2.23. The van der Waals surface area contributed by atoms with Crippen LogP contribution in [0.1, 0.15) is 32.6 Å². The summed E-state index contributed by atoms with van der Waals surface area (Å²) in [6.07, 6.45) is 4.35. The van der Waals surface area contributed by atoms with Gasteiger partial charge in [-0.25, -0.2) is 0 Å². The Morgan fingerprint density at radius 3 is 2.82 bits per heavy atom. The Bertz CT molecular complexity index is 116. The van der Waals surface area contributed by atoms with Gasteiger partial charge in [-0.3, -0.25) is 0 Å². The molecule has 0 bridgehead atoms. The summed E-state index contributed by atoms with van der Waals surface area (Å²) in [7, 11) is 0. The molecule has 0 amide bonds. The van der Waals surface area contributed by atoms with Crippen LogP contribution in [0.2, 0.25) is 0 Å². The van der Waals surface area contributed by atoms with E-state index in [9.17, 15) is 5.11 Å². The van der Waals surface area contributed by atoms with Crippen molar-refractivity contribution in [3.8, 4) is 0 Å². The molecule has 3 unspecified atom stereocenters. The van der Waals surface area contributed by atoms with Crippen LogP contribution in [0.3, 0.4) is 0 Å². The van der Waals surface area contributed by atoms with E-state index in [0.717, 1.165) is 19.4 Å². The van der Waals surface area contributed by atoms with Gasteiger partial charge >= 0.3 is 0 Å². The van der Waals surface area contributed by atoms with E-state index in [0.29, 0.717) is 11.8 Å². The largest absolute Gasteiger partial charge is 0.393 e. The lowest BCUT2D eigenvalue weighted by Gasteiger charge is -2.29. The molecule has 0 radical (unpaired) electrons. The van der Waals surface area contributed by atoms with Crippen LogP contribution in [0.15, 0.2) is 0 Å². The topological polar surface area (TPSA) is 46.2 Å². The van der Waals surface area contributed by atoms with Crippen LogP contribution in [0, 0.1) is 11.8 Å². The van der Waals surface area contributed by atoms with Crippen molar-refractivity contribution >= 4 is 0 Å². The minimum absolute atomic E-state index is 0.0530. The number of nitrogens with two attached hydrogens (primary N) is 1. The van der Waals surface area contributed by atoms with Crippen LogP contribution >= 0.6 is 0 Å². The van der Waals surface area contributed by atoms with Gasteiger partial charge < -0.3 is 10.8 Å². The minimum Gasteiger partial charge on any atom is -0.393 e. The molecule has 0 heterocycles. The van der Waals surface area contributed by atoms with E-state index in [1.807, 2.05) is 0 Å². The molecule has 3 N–H and O–H groups in total. The fourth-order valence-corrected chi connectivity index (χ4v) is 1.91. The predicted octanol–water partition coefficient (Wildman–Crippen LogP) is 1.13. The molecule has 11 heavy (non-hydrogen) atoms.